The first-order valence-electron chi connectivity index (χ1n) is 17.5. The lowest BCUT2D eigenvalue weighted by Gasteiger charge is -2.36. The van der Waals surface area contributed by atoms with Gasteiger partial charge in [0.05, 0.1) is 50.6 Å². The zero-order chi connectivity index (χ0) is 32.6. The number of anilines is 5. The molecule has 4 atom stereocenters. The number of hydrogen-bond acceptors (Lipinski definition) is 11. The average Bonchev–Trinajstić information content (AvgIpc) is 3.84. The molecule has 8 rings (SSSR count). The quantitative estimate of drug-likeness (QED) is 0.270. The number of ether oxygens (including phenoxy) is 1. The van der Waals surface area contributed by atoms with Crippen LogP contribution in [0, 0.1) is 0 Å². The number of piperazine rings is 1. The van der Waals surface area contributed by atoms with E-state index in [1.165, 1.54) is 18.5 Å². The lowest BCUT2D eigenvalue weighted by atomic mass is 10.2. The van der Waals surface area contributed by atoms with E-state index in [9.17, 15) is 15.0 Å². The zero-order valence-corrected chi connectivity index (χ0v) is 27.2. The molecule has 4 saturated heterocycles. The molecule has 5 heterocycles. The molecule has 3 aromatic rings. The van der Waals surface area contributed by atoms with Crippen LogP contribution >= 0.6 is 0 Å². The third-order valence-electron chi connectivity index (χ3n) is 10.6. The Morgan fingerprint density at radius 2 is 1.23 bits per heavy atom. The van der Waals surface area contributed by atoms with E-state index in [-0.39, 0.29) is 43.4 Å². The van der Waals surface area contributed by atoms with Crippen molar-refractivity contribution in [2.45, 2.75) is 68.7 Å². The van der Waals surface area contributed by atoms with Gasteiger partial charge < -0.3 is 40.3 Å². The number of morpholine rings is 1. The zero-order valence-electron chi connectivity index (χ0n) is 27.2. The molecule has 1 aliphatic carbocycles. The number of fused-ring (bicyclic) bond motifs is 2. The Bertz CT molecular complexity index is 1550. The van der Waals surface area contributed by atoms with Gasteiger partial charge in [-0.25, -0.2) is 4.79 Å². The summed E-state index contributed by atoms with van der Waals surface area (Å²) in [5.41, 5.74) is 3.33. The van der Waals surface area contributed by atoms with Crippen LogP contribution in [-0.2, 0) is 4.74 Å². The maximum atomic E-state index is 12.9. The van der Waals surface area contributed by atoms with Crippen LogP contribution in [0.1, 0.15) is 38.5 Å². The van der Waals surface area contributed by atoms with Crippen molar-refractivity contribution in [1.82, 2.24) is 19.9 Å². The van der Waals surface area contributed by atoms with Crippen molar-refractivity contribution in [2.24, 2.45) is 0 Å². The Balaban J connectivity index is 0.958. The summed E-state index contributed by atoms with van der Waals surface area (Å²) in [4.78, 5) is 36.9. The molecular formula is C35H45N9O4. The number of nitrogens with zero attached hydrogens (tertiary/aromatic N) is 7. The van der Waals surface area contributed by atoms with Crippen LogP contribution < -0.4 is 25.3 Å². The molecule has 4 N–H and O–H groups in total. The number of carbonyl (C=O) groups excluding carboxylic acids is 1. The number of benzene rings is 2. The maximum Gasteiger partial charge on any atom is 0.323 e. The topological polar surface area (TPSA) is 142 Å². The SMILES string of the molecule is O=C(Nc1ccc(-c2nc(N3C4CCC3COC4)nc(N3[C@H](CO)CC[C@@H]3CO)n2)cc1)Nc1ccc(N2CCN(C3CC3)CC2)cc1. The van der Waals surface area contributed by atoms with Crippen LogP contribution in [0.2, 0.25) is 0 Å². The summed E-state index contributed by atoms with van der Waals surface area (Å²) in [5, 5.41) is 26.1. The summed E-state index contributed by atoms with van der Waals surface area (Å²) in [6, 6.07) is 16.1. The number of aromatic nitrogens is 3. The number of nitrogens with one attached hydrogen (secondary N) is 2. The fraction of sp³-hybridized carbons (Fsp3) is 0.543. The highest BCUT2D eigenvalue weighted by atomic mass is 16.5. The van der Waals surface area contributed by atoms with E-state index in [2.05, 4.69) is 37.5 Å². The number of aliphatic hydroxyl groups excluding tert-OH is 2. The van der Waals surface area contributed by atoms with Crippen molar-refractivity contribution in [2.75, 3.05) is 77.9 Å². The van der Waals surface area contributed by atoms with E-state index >= 15 is 0 Å². The number of hydrogen-bond donors (Lipinski definition) is 4. The molecule has 13 heteroatoms. The summed E-state index contributed by atoms with van der Waals surface area (Å²) in [7, 11) is 0. The molecule has 2 bridgehead atoms. The molecule has 5 fully saturated rings. The van der Waals surface area contributed by atoms with Crippen molar-refractivity contribution in [3.05, 3.63) is 48.5 Å². The van der Waals surface area contributed by atoms with Gasteiger partial charge in [0.15, 0.2) is 5.82 Å². The van der Waals surface area contributed by atoms with Gasteiger partial charge in [-0.2, -0.15) is 15.0 Å². The van der Waals surface area contributed by atoms with Gasteiger partial charge in [-0.15, -0.1) is 0 Å². The van der Waals surface area contributed by atoms with Crippen molar-refractivity contribution in [1.29, 1.82) is 0 Å². The van der Waals surface area contributed by atoms with Crippen LogP contribution in [0.25, 0.3) is 11.4 Å². The standard InChI is InChI=1S/C35H45N9O4/c45-19-28-11-12-29(20-46)43(28)33-38-32(39-34(40-33)44-30-13-14-31(44)22-48-21-30)23-1-3-24(4-2-23)36-35(47)37-25-5-7-26(8-6-25)41-15-17-42(18-16-41)27-9-10-27/h1-8,27-31,45-46H,9-22H2,(H2,36,37,47)/t28-,29+,30?,31?. The molecule has 1 aromatic heterocycles. The molecule has 254 valence electrons. The highest BCUT2D eigenvalue weighted by Gasteiger charge is 2.41. The van der Waals surface area contributed by atoms with Gasteiger partial charge in [-0.05, 0) is 87.1 Å². The van der Waals surface area contributed by atoms with Gasteiger partial charge in [-0.1, -0.05) is 0 Å². The minimum atomic E-state index is -0.319. The van der Waals surface area contributed by atoms with Gasteiger partial charge >= 0.3 is 6.03 Å². The van der Waals surface area contributed by atoms with Crippen molar-refractivity contribution in [3.63, 3.8) is 0 Å². The van der Waals surface area contributed by atoms with E-state index in [4.69, 9.17) is 19.7 Å². The molecule has 4 aliphatic heterocycles. The van der Waals surface area contributed by atoms with Crippen LogP contribution in [-0.4, -0.2) is 119 Å². The van der Waals surface area contributed by atoms with Gasteiger partial charge in [0, 0.05) is 54.8 Å². The van der Waals surface area contributed by atoms with E-state index in [1.54, 1.807) is 0 Å². The largest absolute Gasteiger partial charge is 0.394 e. The van der Waals surface area contributed by atoms with Crippen LogP contribution in [0.3, 0.4) is 0 Å². The summed E-state index contributed by atoms with van der Waals surface area (Å²) in [6.45, 7) is 5.49. The minimum absolute atomic E-state index is 0.0418. The predicted molar refractivity (Wildman–Crippen MR) is 185 cm³/mol. The smallest absolute Gasteiger partial charge is 0.323 e. The summed E-state index contributed by atoms with van der Waals surface area (Å²) in [5.74, 6) is 1.56. The average molecular weight is 656 g/mol. The van der Waals surface area contributed by atoms with Crippen LogP contribution in [0.15, 0.2) is 48.5 Å². The van der Waals surface area contributed by atoms with Crippen molar-refractivity contribution >= 4 is 35.0 Å². The maximum absolute atomic E-state index is 12.9. The van der Waals surface area contributed by atoms with E-state index in [1.807, 2.05) is 41.3 Å². The fourth-order valence-corrected chi connectivity index (χ4v) is 7.85. The molecule has 2 amide bonds. The molecule has 1 saturated carbocycles. The minimum Gasteiger partial charge on any atom is -0.394 e. The number of aliphatic hydroxyl groups is 2. The Morgan fingerprint density at radius 1 is 0.688 bits per heavy atom. The Labute approximate surface area is 280 Å². The normalized spacial score (nSPS) is 25.8. The summed E-state index contributed by atoms with van der Waals surface area (Å²) >= 11 is 0. The number of carbonyl (C=O) groups is 1. The molecular weight excluding hydrogens is 610 g/mol. The third-order valence-corrected chi connectivity index (χ3v) is 10.6. The van der Waals surface area contributed by atoms with E-state index in [0.29, 0.717) is 36.6 Å². The summed E-state index contributed by atoms with van der Waals surface area (Å²) in [6.07, 6.45) is 6.25. The molecule has 13 nitrogen and oxygen atoms in total. The Kier molecular flexibility index (Phi) is 8.76. The lowest BCUT2D eigenvalue weighted by molar-refractivity contribution is 0.0897. The fourth-order valence-electron chi connectivity index (χ4n) is 7.85. The molecule has 0 radical (unpaired) electrons. The third kappa shape index (κ3) is 6.39. The predicted octanol–water partition coefficient (Wildman–Crippen LogP) is 3.16. The van der Waals surface area contributed by atoms with Crippen molar-refractivity contribution < 1.29 is 19.7 Å². The monoisotopic (exact) mass is 655 g/mol. The first-order chi connectivity index (χ1) is 23.6. The van der Waals surface area contributed by atoms with Gasteiger partial charge in [0.2, 0.25) is 11.9 Å². The second-order valence-corrected chi connectivity index (χ2v) is 13.7. The second kappa shape index (κ2) is 13.5. The molecule has 2 aromatic carbocycles. The van der Waals surface area contributed by atoms with E-state index < -0.39 is 0 Å². The lowest BCUT2D eigenvalue weighted by Crippen LogP contribution is -2.47. The number of rotatable bonds is 9. The molecule has 2 unspecified atom stereocenters. The van der Waals surface area contributed by atoms with Crippen LogP contribution in [0.5, 0.6) is 0 Å². The molecule has 0 spiro atoms. The summed E-state index contributed by atoms with van der Waals surface area (Å²) < 4.78 is 5.81. The highest BCUT2D eigenvalue weighted by molar-refractivity contribution is 6.00. The highest BCUT2D eigenvalue weighted by Crippen LogP contribution is 2.36. The van der Waals surface area contributed by atoms with Crippen molar-refractivity contribution in [3.8, 4) is 11.4 Å². The number of urea groups is 1. The first kappa shape index (κ1) is 31.2. The van der Waals surface area contributed by atoms with Gasteiger partial charge in [-0.3, -0.25) is 4.90 Å². The molecule has 48 heavy (non-hydrogen) atoms. The number of amides is 2. The Hall–Kier alpha value is -4.04. The second-order valence-electron chi connectivity index (χ2n) is 13.7. The first-order valence-corrected chi connectivity index (χ1v) is 17.5. The Morgan fingerprint density at radius 3 is 1.79 bits per heavy atom. The van der Waals surface area contributed by atoms with E-state index in [0.717, 1.165) is 69.2 Å². The van der Waals surface area contributed by atoms with Crippen LogP contribution in [0.4, 0.5) is 33.8 Å². The van der Waals surface area contributed by atoms with Gasteiger partial charge in [0.25, 0.3) is 0 Å². The molecule has 5 aliphatic rings. The van der Waals surface area contributed by atoms with Gasteiger partial charge in [0.1, 0.15) is 0 Å².